The summed E-state index contributed by atoms with van der Waals surface area (Å²) < 4.78 is 0. The lowest BCUT2D eigenvalue weighted by molar-refractivity contribution is 0.304. The number of fused-ring (bicyclic) bond motifs is 2. The largest absolute Gasteiger partial charge is 0.356 e. The average Bonchev–Trinajstić information content (AvgIpc) is 3.29. The number of anilines is 1. The summed E-state index contributed by atoms with van der Waals surface area (Å²) in [5.41, 5.74) is 5.26. The zero-order valence-electron chi connectivity index (χ0n) is 14.9. The molecule has 0 aromatic carbocycles. The molecule has 2 aromatic rings. The van der Waals surface area contributed by atoms with Crippen LogP contribution < -0.4 is 4.90 Å². The van der Waals surface area contributed by atoms with E-state index in [1.54, 1.807) is 6.33 Å². The van der Waals surface area contributed by atoms with Crippen molar-refractivity contribution in [2.24, 2.45) is 11.8 Å². The van der Waals surface area contributed by atoms with E-state index >= 15 is 0 Å². The van der Waals surface area contributed by atoms with Gasteiger partial charge in [-0.15, -0.1) is 0 Å². The Bertz CT molecular complexity index is 755. The van der Waals surface area contributed by atoms with Crippen molar-refractivity contribution in [2.45, 2.75) is 39.2 Å². The van der Waals surface area contributed by atoms with Gasteiger partial charge in [0.15, 0.2) is 0 Å². The van der Waals surface area contributed by atoms with E-state index in [9.17, 15) is 0 Å². The number of aromatic nitrogens is 4. The number of rotatable bonds is 3. The molecule has 1 N–H and O–H groups in total. The van der Waals surface area contributed by atoms with Crippen LogP contribution in [0.5, 0.6) is 0 Å². The van der Waals surface area contributed by atoms with E-state index in [4.69, 9.17) is 0 Å². The number of aryl methyl sites for hydroxylation is 2. The van der Waals surface area contributed by atoms with Crippen LogP contribution in [0.1, 0.15) is 35.5 Å². The first-order valence-electron chi connectivity index (χ1n) is 9.57. The van der Waals surface area contributed by atoms with Gasteiger partial charge in [0, 0.05) is 50.2 Å². The molecule has 6 heteroatoms. The predicted octanol–water partition coefficient (Wildman–Crippen LogP) is 1.96. The number of nitrogens with zero attached hydrogens (tertiary/aromatic N) is 5. The number of aromatic amines is 1. The maximum absolute atomic E-state index is 4.63. The molecule has 5 rings (SSSR count). The predicted molar refractivity (Wildman–Crippen MR) is 96.5 cm³/mol. The van der Waals surface area contributed by atoms with Gasteiger partial charge in [-0.1, -0.05) is 0 Å². The molecule has 2 atom stereocenters. The van der Waals surface area contributed by atoms with Gasteiger partial charge in [0.05, 0.1) is 5.69 Å². The molecule has 2 aromatic heterocycles. The van der Waals surface area contributed by atoms with Crippen LogP contribution in [0.25, 0.3) is 0 Å². The topological polar surface area (TPSA) is 60.9 Å². The lowest BCUT2D eigenvalue weighted by Gasteiger charge is -2.22. The van der Waals surface area contributed by atoms with Crippen molar-refractivity contribution in [3.8, 4) is 0 Å². The van der Waals surface area contributed by atoms with Gasteiger partial charge in [-0.2, -0.15) is 5.10 Å². The van der Waals surface area contributed by atoms with Crippen molar-refractivity contribution in [3.05, 3.63) is 35.0 Å². The molecule has 1 aliphatic carbocycles. The van der Waals surface area contributed by atoms with Crippen LogP contribution in [-0.2, 0) is 19.4 Å². The van der Waals surface area contributed by atoms with Crippen molar-refractivity contribution in [1.82, 2.24) is 25.1 Å². The first kappa shape index (κ1) is 15.3. The van der Waals surface area contributed by atoms with Crippen LogP contribution in [-0.4, -0.2) is 51.2 Å². The maximum Gasteiger partial charge on any atom is 0.132 e. The lowest BCUT2D eigenvalue weighted by Crippen LogP contribution is -2.29. The standard InChI is InChI=1S/C19H26N6/c1-13-6-19(21-12-20-13)25-9-14-7-24(8-15(14)10-25)11-18-16-4-2-3-5-17(16)22-23-18/h6,12,14-15H,2-5,7-11H2,1H3,(H,22,23). The van der Waals surface area contributed by atoms with E-state index in [1.165, 1.54) is 55.7 Å². The summed E-state index contributed by atoms with van der Waals surface area (Å²) >= 11 is 0. The molecule has 0 radical (unpaired) electrons. The second-order valence-corrected chi connectivity index (χ2v) is 7.97. The molecular weight excluding hydrogens is 312 g/mol. The molecule has 0 bridgehead atoms. The Labute approximate surface area is 148 Å². The minimum Gasteiger partial charge on any atom is -0.356 e. The Morgan fingerprint density at radius 3 is 2.68 bits per heavy atom. The summed E-state index contributed by atoms with van der Waals surface area (Å²) in [4.78, 5) is 13.7. The molecule has 2 fully saturated rings. The Hall–Kier alpha value is -1.95. The fraction of sp³-hybridized carbons (Fsp3) is 0.632. The van der Waals surface area contributed by atoms with Crippen molar-refractivity contribution in [1.29, 1.82) is 0 Å². The number of H-pyrrole nitrogens is 1. The van der Waals surface area contributed by atoms with Crippen LogP contribution in [0.3, 0.4) is 0 Å². The summed E-state index contributed by atoms with van der Waals surface area (Å²) in [5.74, 6) is 2.60. The summed E-state index contributed by atoms with van der Waals surface area (Å²) in [6.45, 7) is 7.67. The van der Waals surface area contributed by atoms with Crippen LogP contribution in [0.4, 0.5) is 5.82 Å². The normalized spacial score (nSPS) is 26.0. The van der Waals surface area contributed by atoms with Gasteiger partial charge < -0.3 is 4.90 Å². The molecule has 0 amide bonds. The van der Waals surface area contributed by atoms with Gasteiger partial charge in [0.1, 0.15) is 12.1 Å². The van der Waals surface area contributed by atoms with Crippen LogP contribution in [0, 0.1) is 18.8 Å². The summed E-state index contributed by atoms with van der Waals surface area (Å²) in [6, 6.07) is 2.11. The van der Waals surface area contributed by atoms with Crippen molar-refractivity contribution >= 4 is 5.82 Å². The zero-order chi connectivity index (χ0) is 16.8. The molecular formula is C19H26N6. The number of likely N-dealkylation sites (tertiary alicyclic amines) is 1. The monoisotopic (exact) mass is 338 g/mol. The van der Waals surface area contributed by atoms with Crippen LogP contribution >= 0.6 is 0 Å². The number of hydrogen-bond acceptors (Lipinski definition) is 5. The Balaban J connectivity index is 1.23. The molecule has 25 heavy (non-hydrogen) atoms. The van der Waals surface area contributed by atoms with Crippen molar-refractivity contribution < 1.29 is 0 Å². The zero-order valence-corrected chi connectivity index (χ0v) is 14.9. The van der Waals surface area contributed by atoms with Gasteiger partial charge in [-0.25, -0.2) is 9.97 Å². The van der Waals surface area contributed by atoms with Gasteiger partial charge in [0.25, 0.3) is 0 Å². The average molecular weight is 338 g/mol. The third-order valence-corrected chi connectivity index (χ3v) is 6.19. The Morgan fingerprint density at radius 2 is 1.88 bits per heavy atom. The molecule has 0 spiro atoms. The van der Waals surface area contributed by atoms with Gasteiger partial charge >= 0.3 is 0 Å². The number of nitrogens with one attached hydrogen (secondary N) is 1. The van der Waals surface area contributed by atoms with Crippen molar-refractivity contribution in [3.63, 3.8) is 0 Å². The Kier molecular flexibility index (Phi) is 3.73. The van der Waals surface area contributed by atoms with E-state index in [1.807, 2.05) is 6.92 Å². The third-order valence-electron chi connectivity index (χ3n) is 6.19. The molecule has 2 unspecified atom stereocenters. The highest BCUT2D eigenvalue weighted by Gasteiger charge is 2.40. The summed E-state index contributed by atoms with van der Waals surface area (Å²) in [6.07, 6.45) is 6.70. The van der Waals surface area contributed by atoms with E-state index in [0.717, 1.165) is 43.0 Å². The third kappa shape index (κ3) is 2.82. The molecule has 0 saturated carbocycles. The highest BCUT2D eigenvalue weighted by molar-refractivity contribution is 5.40. The van der Waals surface area contributed by atoms with Crippen LogP contribution in [0.2, 0.25) is 0 Å². The minimum atomic E-state index is 0.755. The molecule has 2 aliphatic heterocycles. The SMILES string of the molecule is Cc1cc(N2CC3CN(Cc4n[nH]c5c4CCCC5)CC3C2)ncn1. The smallest absolute Gasteiger partial charge is 0.132 e. The molecule has 132 valence electrons. The lowest BCUT2D eigenvalue weighted by atomic mass is 9.96. The van der Waals surface area contributed by atoms with E-state index < -0.39 is 0 Å². The first-order valence-corrected chi connectivity index (χ1v) is 9.57. The van der Waals surface area contributed by atoms with E-state index in [-0.39, 0.29) is 0 Å². The number of hydrogen-bond donors (Lipinski definition) is 1. The van der Waals surface area contributed by atoms with Crippen LogP contribution in [0.15, 0.2) is 12.4 Å². The van der Waals surface area contributed by atoms with E-state index in [0.29, 0.717) is 0 Å². The van der Waals surface area contributed by atoms with Gasteiger partial charge in [-0.3, -0.25) is 10.00 Å². The quantitative estimate of drug-likeness (QED) is 0.927. The maximum atomic E-state index is 4.63. The van der Waals surface area contributed by atoms with E-state index in [2.05, 4.69) is 36.0 Å². The first-order chi connectivity index (χ1) is 12.3. The summed E-state index contributed by atoms with van der Waals surface area (Å²) in [5, 5.41) is 7.92. The van der Waals surface area contributed by atoms with Gasteiger partial charge in [0.2, 0.25) is 0 Å². The van der Waals surface area contributed by atoms with Gasteiger partial charge in [-0.05, 0) is 50.0 Å². The second kappa shape index (κ2) is 6.09. The molecule has 4 heterocycles. The Morgan fingerprint density at radius 1 is 1.08 bits per heavy atom. The highest BCUT2D eigenvalue weighted by Crippen LogP contribution is 2.34. The fourth-order valence-electron chi connectivity index (χ4n) is 4.91. The molecule has 2 saturated heterocycles. The second-order valence-electron chi connectivity index (χ2n) is 7.97. The minimum absolute atomic E-state index is 0.755. The van der Waals surface area contributed by atoms with Crippen molar-refractivity contribution in [2.75, 3.05) is 31.1 Å². The molecule has 3 aliphatic rings. The fourth-order valence-corrected chi connectivity index (χ4v) is 4.91. The highest BCUT2D eigenvalue weighted by atomic mass is 15.3. The molecule has 6 nitrogen and oxygen atoms in total. The summed E-state index contributed by atoms with van der Waals surface area (Å²) in [7, 11) is 0.